The van der Waals surface area contributed by atoms with Crippen LogP contribution in [0.3, 0.4) is 0 Å². The zero-order valence-electron chi connectivity index (χ0n) is 6.32. The smallest absolute Gasteiger partial charge is 0.120 e. The summed E-state index contributed by atoms with van der Waals surface area (Å²) in [5.41, 5.74) is 0. The largest absolute Gasteiger partial charge is 0.303 e. The van der Waals surface area contributed by atoms with Crippen molar-refractivity contribution in [2.75, 3.05) is 19.0 Å². The molecule has 0 bridgehead atoms. The van der Waals surface area contributed by atoms with Crippen LogP contribution in [0.1, 0.15) is 12.8 Å². The van der Waals surface area contributed by atoms with E-state index in [9.17, 15) is 4.79 Å². The van der Waals surface area contributed by atoms with E-state index in [1.807, 2.05) is 0 Å². The van der Waals surface area contributed by atoms with E-state index in [1.54, 1.807) is 11.8 Å². The lowest BCUT2D eigenvalue weighted by molar-refractivity contribution is -0.310. The topological polar surface area (TPSA) is 35.5 Å². The average Bonchev–Trinajstić information content (AvgIpc) is 2.07. The summed E-state index contributed by atoms with van der Waals surface area (Å²) in [6.07, 6.45) is 2.62. The summed E-state index contributed by atoms with van der Waals surface area (Å²) in [6, 6.07) is 0. The van der Waals surface area contributed by atoms with Crippen LogP contribution < -0.4 is 0 Å². The molecule has 64 valence electrons. The molecular formula is C7H12O3S. The average molecular weight is 176 g/mol. The third-order valence-corrected chi connectivity index (χ3v) is 2.76. The molecule has 0 aromatic rings. The minimum atomic E-state index is 0.517. The van der Waals surface area contributed by atoms with Crippen LogP contribution in [-0.4, -0.2) is 30.5 Å². The molecule has 3 nitrogen and oxygen atoms in total. The van der Waals surface area contributed by atoms with Gasteiger partial charge < -0.3 is 4.79 Å². The maximum Gasteiger partial charge on any atom is 0.120 e. The lowest BCUT2D eigenvalue weighted by Crippen LogP contribution is -2.21. The van der Waals surface area contributed by atoms with Crippen LogP contribution in [0.4, 0.5) is 0 Å². The van der Waals surface area contributed by atoms with Crippen molar-refractivity contribution in [1.29, 1.82) is 0 Å². The molecule has 1 unspecified atom stereocenters. The van der Waals surface area contributed by atoms with Crippen molar-refractivity contribution in [3.63, 3.8) is 0 Å². The quantitative estimate of drug-likeness (QED) is 0.364. The lowest BCUT2D eigenvalue weighted by Gasteiger charge is -2.19. The molecule has 0 radical (unpaired) electrons. The first-order valence-corrected chi connectivity index (χ1v) is 4.78. The highest BCUT2D eigenvalue weighted by Gasteiger charge is 2.14. The van der Waals surface area contributed by atoms with E-state index in [1.165, 1.54) is 0 Å². The number of carbonyl (C=O) groups excluding carboxylic acids is 1. The molecule has 1 aliphatic heterocycles. The maximum absolute atomic E-state index is 9.98. The van der Waals surface area contributed by atoms with E-state index in [4.69, 9.17) is 9.78 Å². The molecule has 0 aromatic heterocycles. The van der Waals surface area contributed by atoms with Gasteiger partial charge in [0.05, 0.1) is 13.2 Å². The molecule has 1 rings (SSSR count). The molecule has 0 N–H and O–H groups in total. The van der Waals surface area contributed by atoms with Gasteiger partial charge in [-0.05, 0) is 6.42 Å². The molecule has 1 atom stereocenters. The van der Waals surface area contributed by atoms with Crippen LogP contribution in [0.2, 0.25) is 0 Å². The molecule has 1 fully saturated rings. The fourth-order valence-corrected chi connectivity index (χ4v) is 1.84. The third-order valence-electron chi connectivity index (χ3n) is 1.45. The van der Waals surface area contributed by atoms with E-state index in [2.05, 4.69) is 0 Å². The second kappa shape index (κ2) is 5.57. The van der Waals surface area contributed by atoms with E-state index >= 15 is 0 Å². The van der Waals surface area contributed by atoms with Crippen molar-refractivity contribution >= 4 is 18.0 Å². The van der Waals surface area contributed by atoms with Crippen LogP contribution >= 0.6 is 11.8 Å². The molecule has 1 heterocycles. The molecule has 11 heavy (non-hydrogen) atoms. The van der Waals surface area contributed by atoms with Gasteiger partial charge in [-0.1, -0.05) is 0 Å². The predicted octanol–water partition coefficient (Wildman–Crippen LogP) is 1.03. The first-order valence-electron chi connectivity index (χ1n) is 3.73. The maximum atomic E-state index is 9.98. The molecule has 0 saturated carbocycles. The molecule has 1 aliphatic rings. The Morgan fingerprint density at radius 2 is 2.45 bits per heavy atom. The van der Waals surface area contributed by atoms with Gasteiger partial charge in [0.15, 0.2) is 0 Å². The fourth-order valence-electron chi connectivity index (χ4n) is 0.860. The van der Waals surface area contributed by atoms with Gasteiger partial charge in [0, 0.05) is 17.4 Å². The number of aldehydes is 1. The van der Waals surface area contributed by atoms with Crippen molar-refractivity contribution < 1.29 is 14.6 Å². The normalized spacial score (nSPS) is 24.9. The molecule has 0 aliphatic carbocycles. The van der Waals surface area contributed by atoms with Crippen LogP contribution in [-0.2, 0) is 14.6 Å². The Balaban J connectivity index is 2.00. The zero-order chi connectivity index (χ0) is 7.94. The minimum Gasteiger partial charge on any atom is -0.303 e. The first-order chi connectivity index (χ1) is 5.43. The minimum absolute atomic E-state index is 0.517. The molecule has 0 aromatic carbocycles. The van der Waals surface area contributed by atoms with Gasteiger partial charge in [-0.3, -0.25) is 0 Å². The Hall–Kier alpha value is -0.0600. The summed E-state index contributed by atoms with van der Waals surface area (Å²) in [6.45, 7) is 1.34. The zero-order valence-corrected chi connectivity index (χ0v) is 7.14. The number of thioether (sulfide) groups is 1. The van der Waals surface area contributed by atoms with Gasteiger partial charge in [-0.25, -0.2) is 9.78 Å². The van der Waals surface area contributed by atoms with Crippen LogP contribution in [0.15, 0.2) is 0 Å². The molecule has 0 spiro atoms. The highest BCUT2D eigenvalue weighted by Crippen LogP contribution is 2.18. The Labute approximate surface area is 70.4 Å². The number of hydrogen-bond acceptors (Lipinski definition) is 4. The summed E-state index contributed by atoms with van der Waals surface area (Å²) in [4.78, 5) is 19.5. The van der Waals surface area contributed by atoms with Gasteiger partial charge in [-0.15, -0.1) is 0 Å². The fraction of sp³-hybridized carbons (Fsp3) is 0.857. The molecule has 4 heteroatoms. The summed E-state index contributed by atoms with van der Waals surface area (Å²) in [7, 11) is 0. The monoisotopic (exact) mass is 176 g/mol. The van der Waals surface area contributed by atoms with Crippen molar-refractivity contribution in [2.45, 2.75) is 18.1 Å². The molecule has 1 saturated heterocycles. The Bertz CT molecular complexity index is 112. The van der Waals surface area contributed by atoms with E-state index in [0.717, 1.165) is 18.5 Å². The Morgan fingerprint density at radius 1 is 1.55 bits per heavy atom. The highest BCUT2D eigenvalue weighted by atomic mass is 32.2. The van der Waals surface area contributed by atoms with Gasteiger partial charge >= 0.3 is 0 Å². The first kappa shape index (κ1) is 9.03. The second-order valence-corrected chi connectivity index (χ2v) is 3.75. The van der Waals surface area contributed by atoms with Gasteiger partial charge in [0.1, 0.15) is 6.29 Å². The van der Waals surface area contributed by atoms with Crippen LogP contribution in [0.25, 0.3) is 0 Å². The van der Waals surface area contributed by atoms with Gasteiger partial charge in [0.25, 0.3) is 0 Å². The summed E-state index contributed by atoms with van der Waals surface area (Å²) in [5, 5.41) is 0.517. The second-order valence-electron chi connectivity index (χ2n) is 2.34. The van der Waals surface area contributed by atoms with Gasteiger partial charge in [0.2, 0.25) is 0 Å². The molecular weight excluding hydrogens is 164 g/mol. The highest BCUT2D eigenvalue weighted by molar-refractivity contribution is 7.99. The SMILES string of the molecule is O=CCCSC1CCOOC1. The van der Waals surface area contributed by atoms with E-state index < -0.39 is 0 Å². The number of carbonyl (C=O) groups is 1. The van der Waals surface area contributed by atoms with Crippen molar-refractivity contribution in [3.8, 4) is 0 Å². The summed E-state index contributed by atoms with van der Waals surface area (Å²) >= 11 is 1.79. The Kier molecular flexibility index (Phi) is 4.58. The number of hydrogen-bond donors (Lipinski definition) is 0. The van der Waals surface area contributed by atoms with Crippen LogP contribution in [0.5, 0.6) is 0 Å². The Morgan fingerprint density at radius 3 is 3.09 bits per heavy atom. The predicted molar refractivity (Wildman–Crippen MR) is 43.4 cm³/mol. The standard InChI is InChI=1S/C7H12O3S/c8-3-1-5-11-7-2-4-9-10-6-7/h3,7H,1-2,4-6H2. The lowest BCUT2D eigenvalue weighted by atomic mass is 10.3. The van der Waals surface area contributed by atoms with E-state index in [-0.39, 0.29) is 0 Å². The van der Waals surface area contributed by atoms with Gasteiger partial charge in [-0.2, -0.15) is 11.8 Å². The number of rotatable bonds is 4. The summed E-state index contributed by atoms with van der Waals surface area (Å²) < 4.78 is 0. The third kappa shape index (κ3) is 3.74. The molecule has 0 amide bonds. The van der Waals surface area contributed by atoms with Crippen molar-refractivity contribution in [2.24, 2.45) is 0 Å². The van der Waals surface area contributed by atoms with Crippen molar-refractivity contribution in [3.05, 3.63) is 0 Å². The summed E-state index contributed by atoms with van der Waals surface area (Å²) in [5.74, 6) is 0.900. The van der Waals surface area contributed by atoms with Crippen molar-refractivity contribution in [1.82, 2.24) is 0 Å². The van der Waals surface area contributed by atoms with Crippen LogP contribution in [0, 0.1) is 0 Å². The van der Waals surface area contributed by atoms with E-state index in [0.29, 0.717) is 24.9 Å².